The molecule has 4 rings (SSSR count). The minimum atomic E-state index is 0.792. The molecule has 0 saturated heterocycles. The summed E-state index contributed by atoms with van der Waals surface area (Å²) < 4.78 is 9.61. The summed E-state index contributed by atoms with van der Waals surface area (Å²) in [7, 11) is 3.69. The van der Waals surface area contributed by atoms with Crippen molar-refractivity contribution >= 4 is 33.4 Å². The van der Waals surface area contributed by atoms with Crippen LogP contribution in [0.25, 0.3) is 33.4 Å². The Kier molecular flexibility index (Phi) is 2.57. The SMILES string of the molecule is COc1ccc2c(c1)/c(=C/C#N)c1c3ccccc3[n+](C)n21. The van der Waals surface area contributed by atoms with Crippen LogP contribution in [0.5, 0.6) is 5.75 Å². The van der Waals surface area contributed by atoms with Gasteiger partial charge in [0.1, 0.15) is 16.8 Å². The Morgan fingerprint density at radius 3 is 2.77 bits per heavy atom. The standard InChI is InChI=1S/C18H14N3O/c1-20-16-6-4-3-5-14(16)18-13(9-10-19)15-11-12(22-2)7-8-17(15)21(18)20/h3-9,11H,1-2H3/q+1/b13-9-. The average Bonchev–Trinajstić information content (AvgIpc) is 3.03. The monoisotopic (exact) mass is 288 g/mol. The van der Waals surface area contributed by atoms with Gasteiger partial charge in [-0.3, -0.25) is 0 Å². The van der Waals surface area contributed by atoms with Gasteiger partial charge in [-0.2, -0.15) is 5.26 Å². The van der Waals surface area contributed by atoms with Crippen LogP contribution in [0.1, 0.15) is 0 Å². The van der Waals surface area contributed by atoms with E-state index in [-0.39, 0.29) is 0 Å². The fourth-order valence-corrected chi connectivity index (χ4v) is 3.25. The number of para-hydroxylation sites is 1. The maximum Gasteiger partial charge on any atom is 0.239 e. The Labute approximate surface area is 127 Å². The van der Waals surface area contributed by atoms with Crippen molar-refractivity contribution in [1.82, 2.24) is 4.52 Å². The number of ether oxygens (including phenoxy) is 1. The Morgan fingerprint density at radius 1 is 1.18 bits per heavy atom. The van der Waals surface area contributed by atoms with Crippen LogP contribution in [0.3, 0.4) is 0 Å². The highest BCUT2D eigenvalue weighted by Gasteiger charge is 2.21. The minimum absolute atomic E-state index is 0.792. The zero-order valence-corrected chi connectivity index (χ0v) is 12.4. The van der Waals surface area contributed by atoms with E-state index in [1.165, 1.54) is 0 Å². The molecule has 0 fully saturated rings. The van der Waals surface area contributed by atoms with E-state index in [2.05, 4.69) is 27.4 Å². The quantitative estimate of drug-likeness (QED) is 0.503. The highest BCUT2D eigenvalue weighted by molar-refractivity contribution is 6.01. The van der Waals surface area contributed by atoms with Gasteiger partial charge in [-0.25, -0.2) is 0 Å². The van der Waals surface area contributed by atoms with Crippen molar-refractivity contribution in [3.8, 4) is 11.8 Å². The highest BCUT2D eigenvalue weighted by atomic mass is 16.5. The molecule has 0 aliphatic carbocycles. The van der Waals surface area contributed by atoms with E-state index in [9.17, 15) is 5.26 Å². The van der Waals surface area contributed by atoms with Crippen molar-refractivity contribution in [1.29, 1.82) is 5.26 Å². The van der Waals surface area contributed by atoms with E-state index >= 15 is 0 Å². The number of nitrogens with zero attached hydrogens (tertiary/aromatic N) is 3. The third kappa shape index (κ3) is 1.48. The van der Waals surface area contributed by atoms with E-state index in [1.54, 1.807) is 13.2 Å². The maximum atomic E-state index is 9.21. The van der Waals surface area contributed by atoms with Crippen molar-refractivity contribution in [2.75, 3.05) is 7.11 Å². The van der Waals surface area contributed by atoms with Crippen molar-refractivity contribution in [3.63, 3.8) is 0 Å². The molecule has 0 atom stereocenters. The molecule has 0 radical (unpaired) electrons. The Morgan fingerprint density at radius 2 is 2.00 bits per heavy atom. The number of hydrogen-bond donors (Lipinski definition) is 0. The van der Waals surface area contributed by atoms with Crippen LogP contribution in [0.4, 0.5) is 0 Å². The van der Waals surface area contributed by atoms with E-state index in [0.29, 0.717) is 0 Å². The van der Waals surface area contributed by atoms with Gasteiger partial charge in [0.05, 0.1) is 18.6 Å². The Bertz CT molecular complexity index is 1130. The number of hydrogen-bond acceptors (Lipinski definition) is 2. The molecule has 0 amide bonds. The number of aromatic nitrogens is 2. The second kappa shape index (κ2) is 4.47. The topological polar surface area (TPSA) is 41.3 Å². The lowest BCUT2D eigenvalue weighted by molar-refractivity contribution is -0.711. The number of benzene rings is 2. The largest absolute Gasteiger partial charge is 0.497 e. The minimum Gasteiger partial charge on any atom is -0.497 e. The summed E-state index contributed by atoms with van der Waals surface area (Å²) in [4.78, 5) is 0. The number of rotatable bonds is 1. The lowest BCUT2D eigenvalue weighted by Gasteiger charge is -1.98. The van der Waals surface area contributed by atoms with Gasteiger partial charge in [-0.1, -0.05) is 12.1 Å². The molecule has 22 heavy (non-hydrogen) atoms. The zero-order chi connectivity index (χ0) is 15.3. The molecule has 0 aliphatic rings. The molecule has 0 aliphatic heterocycles. The molecule has 0 bridgehead atoms. The second-order valence-electron chi connectivity index (χ2n) is 5.27. The van der Waals surface area contributed by atoms with Gasteiger partial charge in [0.15, 0.2) is 7.05 Å². The molecule has 0 spiro atoms. The van der Waals surface area contributed by atoms with Gasteiger partial charge in [-0.05, 0) is 24.3 Å². The van der Waals surface area contributed by atoms with Crippen molar-refractivity contribution < 1.29 is 9.42 Å². The van der Waals surface area contributed by atoms with Crippen LogP contribution in [-0.4, -0.2) is 11.6 Å². The van der Waals surface area contributed by atoms with Gasteiger partial charge in [0.2, 0.25) is 5.52 Å². The van der Waals surface area contributed by atoms with E-state index in [0.717, 1.165) is 38.3 Å². The third-order valence-corrected chi connectivity index (χ3v) is 4.21. The molecule has 0 saturated carbocycles. The molecule has 4 heteroatoms. The number of methoxy groups -OCH3 is 1. The summed E-state index contributed by atoms with van der Waals surface area (Å²) in [5.41, 5.74) is 3.27. The molecule has 2 heterocycles. The van der Waals surface area contributed by atoms with Crippen LogP contribution in [0.15, 0.2) is 42.5 Å². The van der Waals surface area contributed by atoms with Crippen LogP contribution >= 0.6 is 0 Å². The molecular weight excluding hydrogens is 274 g/mol. The predicted molar refractivity (Wildman–Crippen MR) is 85.4 cm³/mol. The molecule has 106 valence electrons. The van der Waals surface area contributed by atoms with E-state index in [1.807, 2.05) is 37.4 Å². The molecular formula is C18H14N3O+. The lowest BCUT2D eigenvalue weighted by atomic mass is 10.1. The second-order valence-corrected chi connectivity index (χ2v) is 5.27. The van der Waals surface area contributed by atoms with Gasteiger partial charge in [-0.15, -0.1) is 9.20 Å². The van der Waals surface area contributed by atoms with Gasteiger partial charge >= 0.3 is 0 Å². The van der Waals surface area contributed by atoms with Crippen LogP contribution in [-0.2, 0) is 7.05 Å². The summed E-state index contributed by atoms with van der Waals surface area (Å²) in [6, 6.07) is 16.4. The first kappa shape index (κ1) is 12.7. The van der Waals surface area contributed by atoms with E-state index < -0.39 is 0 Å². The summed E-state index contributed by atoms with van der Waals surface area (Å²) >= 11 is 0. The average molecular weight is 288 g/mol. The molecule has 2 aromatic carbocycles. The number of nitriles is 1. The summed E-state index contributed by atoms with van der Waals surface area (Å²) in [6.07, 6.45) is 1.61. The van der Waals surface area contributed by atoms with E-state index in [4.69, 9.17) is 4.74 Å². The normalized spacial score (nSPS) is 12.3. The zero-order valence-electron chi connectivity index (χ0n) is 12.4. The summed E-state index contributed by atoms with van der Waals surface area (Å²) in [6.45, 7) is 0. The van der Waals surface area contributed by atoms with Gasteiger partial charge in [0, 0.05) is 22.7 Å². The molecule has 4 nitrogen and oxygen atoms in total. The third-order valence-electron chi connectivity index (χ3n) is 4.21. The first-order valence-corrected chi connectivity index (χ1v) is 7.05. The van der Waals surface area contributed by atoms with Crippen molar-refractivity contribution in [3.05, 3.63) is 47.7 Å². The molecule has 4 aromatic rings. The Hall–Kier alpha value is -3.06. The Balaban J connectivity index is 2.38. The lowest BCUT2D eigenvalue weighted by Crippen LogP contribution is -2.34. The van der Waals surface area contributed by atoms with Crippen LogP contribution in [0, 0.1) is 11.3 Å². The fraction of sp³-hybridized carbons (Fsp3) is 0.111. The van der Waals surface area contributed by atoms with Gasteiger partial charge < -0.3 is 4.74 Å². The number of fused-ring (bicyclic) bond motifs is 5. The summed E-state index contributed by atoms with van der Waals surface area (Å²) in [5.74, 6) is 0.792. The van der Waals surface area contributed by atoms with Crippen LogP contribution < -0.4 is 14.6 Å². The van der Waals surface area contributed by atoms with Crippen LogP contribution in [0.2, 0.25) is 0 Å². The smallest absolute Gasteiger partial charge is 0.239 e. The van der Waals surface area contributed by atoms with Crippen molar-refractivity contribution in [2.24, 2.45) is 7.05 Å². The van der Waals surface area contributed by atoms with Gasteiger partial charge in [0.25, 0.3) is 0 Å². The first-order valence-electron chi connectivity index (χ1n) is 7.05. The summed E-state index contributed by atoms with van der Waals surface area (Å²) in [5, 5.41) is 12.3. The van der Waals surface area contributed by atoms with Crippen molar-refractivity contribution in [2.45, 2.75) is 0 Å². The predicted octanol–water partition coefficient (Wildman–Crippen LogP) is 2.10. The maximum absolute atomic E-state index is 9.21. The highest BCUT2D eigenvalue weighted by Crippen LogP contribution is 2.24. The molecule has 0 unspecified atom stereocenters. The number of aryl methyl sites for hydroxylation is 1. The molecule has 2 aromatic heterocycles. The first-order chi connectivity index (χ1) is 10.8. The molecule has 0 N–H and O–H groups in total. The fourth-order valence-electron chi connectivity index (χ4n) is 3.25.